The summed E-state index contributed by atoms with van der Waals surface area (Å²) >= 11 is 0. The molecule has 7 nitrogen and oxygen atoms in total. The molecule has 2 aromatic rings. The Labute approximate surface area is 134 Å². The molecule has 23 heavy (non-hydrogen) atoms. The lowest BCUT2D eigenvalue weighted by Crippen LogP contribution is -2.22. The number of aryl methyl sites for hydroxylation is 1. The number of pyridine rings is 1. The number of phenolic OH excluding ortho intramolecular Hbond substituents is 1. The first-order chi connectivity index (χ1) is 10.7. The topological polar surface area (TPSA) is 99.6 Å². The molecular weight excluding hydrogens is 318 g/mol. The lowest BCUT2D eigenvalue weighted by Gasteiger charge is -2.13. The van der Waals surface area contributed by atoms with Gasteiger partial charge in [0.2, 0.25) is 10.0 Å². The van der Waals surface area contributed by atoms with Gasteiger partial charge in [-0.05, 0) is 37.3 Å². The maximum Gasteiger partial charge on any atom is 0.274 e. The average molecular weight is 335 g/mol. The maximum atomic E-state index is 12.2. The fraction of sp³-hybridized carbons (Fsp3) is 0.200. The van der Waals surface area contributed by atoms with Crippen LogP contribution in [-0.2, 0) is 10.0 Å². The zero-order valence-corrected chi connectivity index (χ0v) is 13.8. The van der Waals surface area contributed by atoms with Crippen LogP contribution in [0.4, 0.5) is 5.69 Å². The number of phenols is 1. The summed E-state index contributed by atoms with van der Waals surface area (Å²) in [5, 5.41) is 12.3. The number of nitrogens with zero attached hydrogens (tertiary/aromatic N) is 2. The zero-order chi connectivity index (χ0) is 17.2. The highest BCUT2D eigenvalue weighted by molar-refractivity contribution is 7.89. The van der Waals surface area contributed by atoms with Gasteiger partial charge in [-0.2, -0.15) is 0 Å². The average Bonchev–Trinajstić information content (AvgIpc) is 2.49. The number of amides is 1. The second-order valence-electron chi connectivity index (χ2n) is 5.08. The second-order valence-corrected chi connectivity index (χ2v) is 7.24. The van der Waals surface area contributed by atoms with E-state index in [1.165, 1.54) is 38.4 Å². The first kappa shape index (κ1) is 16.9. The summed E-state index contributed by atoms with van der Waals surface area (Å²) in [4.78, 5) is 16.2. The molecule has 1 aromatic carbocycles. The summed E-state index contributed by atoms with van der Waals surface area (Å²) in [7, 11) is -0.868. The van der Waals surface area contributed by atoms with Crippen LogP contribution in [0.5, 0.6) is 5.75 Å². The largest absolute Gasteiger partial charge is 0.506 e. The van der Waals surface area contributed by atoms with Gasteiger partial charge < -0.3 is 10.4 Å². The van der Waals surface area contributed by atoms with Crippen LogP contribution in [0, 0.1) is 6.92 Å². The van der Waals surface area contributed by atoms with Crippen molar-refractivity contribution in [3.05, 3.63) is 47.8 Å². The highest BCUT2D eigenvalue weighted by Gasteiger charge is 2.19. The predicted octanol–water partition coefficient (Wildman–Crippen LogP) is 1.60. The van der Waals surface area contributed by atoms with Gasteiger partial charge in [0.25, 0.3) is 5.91 Å². The van der Waals surface area contributed by atoms with E-state index in [1.54, 1.807) is 19.1 Å². The Hall–Kier alpha value is -2.45. The molecule has 0 unspecified atom stereocenters. The Morgan fingerprint density at radius 3 is 2.52 bits per heavy atom. The Kier molecular flexibility index (Phi) is 4.67. The van der Waals surface area contributed by atoms with E-state index >= 15 is 0 Å². The van der Waals surface area contributed by atoms with Gasteiger partial charge in [0.05, 0.1) is 10.6 Å². The molecule has 0 atom stereocenters. The molecule has 0 saturated carbocycles. The van der Waals surface area contributed by atoms with E-state index in [4.69, 9.17) is 0 Å². The van der Waals surface area contributed by atoms with E-state index in [2.05, 4.69) is 10.3 Å². The number of anilines is 1. The summed E-state index contributed by atoms with van der Waals surface area (Å²) < 4.78 is 25.3. The third-order valence-electron chi connectivity index (χ3n) is 3.12. The van der Waals surface area contributed by atoms with Crippen LogP contribution in [0.1, 0.15) is 16.2 Å². The van der Waals surface area contributed by atoms with Crippen molar-refractivity contribution in [2.45, 2.75) is 11.8 Å². The van der Waals surface area contributed by atoms with Gasteiger partial charge in [0, 0.05) is 19.8 Å². The highest BCUT2D eigenvalue weighted by atomic mass is 32.2. The van der Waals surface area contributed by atoms with Crippen LogP contribution in [-0.4, -0.2) is 42.8 Å². The van der Waals surface area contributed by atoms with Gasteiger partial charge in [0.15, 0.2) is 0 Å². The minimum Gasteiger partial charge on any atom is -0.506 e. The Morgan fingerprint density at radius 2 is 1.91 bits per heavy atom. The fourth-order valence-corrected chi connectivity index (χ4v) is 2.77. The molecule has 0 radical (unpaired) electrons. The van der Waals surface area contributed by atoms with Crippen LogP contribution in [0.2, 0.25) is 0 Å². The first-order valence-electron chi connectivity index (χ1n) is 6.72. The fourth-order valence-electron chi connectivity index (χ4n) is 1.84. The molecule has 0 fully saturated rings. The van der Waals surface area contributed by atoms with Crippen LogP contribution in [0.25, 0.3) is 0 Å². The molecule has 1 aromatic heterocycles. The van der Waals surface area contributed by atoms with Gasteiger partial charge in [0.1, 0.15) is 11.4 Å². The smallest absolute Gasteiger partial charge is 0.274 e. The number of sulfonamides is 1. The van der Waals surface area contributed by atoms with Gasteiger partial charge in [-0.1, -0.05) is 6.07 Å². The number of aromatic hydroxyl groups is 1. The van der Waals surface area contributed by atoms with Crippen LogP contribution in [0.15, 0.2) is 41.3 Å². The van der Waals surface area contributed by atoms with Crippen LogP contribution in [0.3, 0.4) is 0 Å². The molecule has 8 heteroatoms. The standard InChI is InChI=1S/C15H17N3O4S/c1-10-5-4-6-12(16-10)15(20)17-13-9-11(7-8-14(13)19)23(21,22)18(2)3/h4-9,19H,1-3H3,(H,17,20). The Bertz CT molecular complexity index is 848. The third kappa shape index (κ3) is 3.66. The van der Waals surface area contributed by atoms with Crippen LogP contribution < -0.4 is 5.32 Å². The number of carbonyl (C=O) groups excluding carboxylic acids is 1. The predicted molar refractivity (Wildman–Crippen MR) is 85.9 cm³/mol. The van der Waals surface area contributed by atoms with Gasteiger partial charge >= 0.3 is 0 Å². The molecule has 0 aliphatic heterocycles. The maximum absolute atomic E-state index is 12.2. The number of rotatable bonds is 4. The van der Waals surface area contributed by atoms with Crippen molar-refractivity contribution in [3.63, 3.8) is 0 Å². The SMILES string of the molecule is Cc1cccc(C(=O)Nc2cc(S(=O)(=O)N(C)C)ccc2O)n1. The number of aromatic nitrogens is 1. The quantitative estimate of drug-likeness (QED) is 0.827. The second kappa shape index (κ2) is 6.35. The molecule has 2 N–H and O–H groups in total. The molecule has 0 aliphatic rings. The molecular formula is C15H17N3O4S. The molecule has 2 rings (SSSR count). The molecule has 0 saturated heterocycles. The van der Waals surface area contributed by atoms with Crippen molar-refractivity contribution in [1.29, 1.82) is 0 Å². The summed E-state index contributed by atoms with van der Waals surface area (Å²) in [5.74, 6) is -0.771. The Morgan fingerprint density at radius 1 is 1.22 bits per heavy atom. The van der Waals surface area contributed by atoms with Crippen molar-refractivity contribution >= 4 is 21.6 Å². The van der Waals surface area contributed by atoms with E-state index in [0.717, 1.165) is 4.31 Å². The van der Waals surface area contributed by atoms with E-state index in [0.29, 0.717) is 5.69 Å². The number of carbonyl (C=O) groups is 1. The van der Waals surface area contributed by atoms with Gasteiger partial charge in [-0.25, -0.2) is 17.7 Å². The van der Waals surface area contributed by atoms with Crippen molar-refractivity contribution in [1.82, 2.24) is 9.29 Å². The van der Waals surface area contributed by atoms with Gasteiger partial charge in [-0.15, -0.1) is 0 Å². The van der Waals surface area contributed by atoms with Crippen molar-refractivity contribution < 1.29 is 18.3 Å². The monoisotopic (exact) mass is 335 g/mol. The third-order valence-corrected chi connectivity index (χ3v) is 4.93. The molecule has 0 bridgehead atoms. The van der Waals surface area contributed by atoms with Gasteiger partial charge in [-0.3, -0.25) is 4.79 Å². The van der Waals surface area contributed by atoms with Crippen molar-refractivity contribution in [2.24, 2.45) is 0 Å². The summed E-state index contributed by atoms with van der Waals surface area (Å²) in [6.45, 7) is 1.75. The minimum absolute atomic E-state index is 0.00114. The molecule has 1 heterocycles. The Balaban J connectivity index is 2.35. The van der Waals surface area contributed by atoms with Crippen molar-refractivity contribution in [3.8, 4) is 5.75 Å². The number of hydrogen-bond acceptors (Lipinski definition) is 5. The molecule has 122 valence electrons. The highest BCUT2D eigenvalue weighted by Crippen LogP contribution is 2.27. The van der Waals surface area contributed by atoms with E-state index < -0.39 is 15.9 Å². The normalized spacial score (nSPS) is 11.5. The lowest BCUT2D eigenvalue weighted by atomic mass is 10.2. The summed E-state index contributed by atoms with van der Waals surface area (Å²) in [6, 6.07) is 8.65. The number of nitrogens with one attached hydrogen (secondary N) is 1. The lowest BCUT2D eigenvalue weighted by molar-refractivity contribution is 0.102. The van der Waals surface area contributed by atoms with E-state index in [-0.39, 0.29) is 22.0 Å². The van der Waals surface area contributed by atoms with Crippen molar-refractivity contribution in [2.75, 3.05) is 19.4 Å². The molecule has 1 amide bonds. The molecule has 0 aliphatic carbocycles. The zero-order valence-electron chi connectivity index (χ0n) is 12.9. The van der Waals surface area contributed by atoms with Crippen LogP contribution >= 0.6 is 0 Å². The van der Waals surface area contributed by atoms with E-state index in [9.17, 15) is 18.3 Å². The first-order valence-corrected chi connectivity index (χ1v) is 8.16. The minimum atomic E-state index is -3.67. The molecule has 0 spiro atoms. The number of benzene rings is 1. The van der Waals surface area contributed by atoms with E-state index in [1.807, 2.05) is 0 Å². The summed E-state index contributed by atoms with van der Waals surface area (Å²) in [5.41, 5.74) is 0.845. The summed E-state index contributed by atoms with van der Waals surface area (Å²) in [6.07, 6.45) is 0. The number of hydrogen-bond donors (Lipinski definition) is 2.